The number of anilines is 1. The van der Waals surface area contributed by atoms with Gasteiger partial charge in [0.1, 0.15) is 11.6 Å². The lowest BCUT2D eigenvalue weighted by atomic mass is 10.1. The monoisotopic (exact) mass is 502 g/mol. The van der Waals surface area contributed by atoms with Gasteiger partial charge >= 0.3 is 5.97 Å². The highest BCUT2D eigenvalue weighted by molar-refractivity contribution is 7.89. The molecule has 2 atom stereocenters. The molecule has 1 amide bonds. The number of hydrogen-bond acceptors (Lipinski definition) is 7. The summed E-state index contributed by atoms with van der Waals surface area (Å²) in [6.07, 6.45) is 2.03. The molecule has 0 unspecified atom stereocenters. The zero-order valence-corrected chi connectivity index (χ0v) is 21.2. The van der Waals surface area contributed by atoms with E-state index in [1.165, 1.54) is 12.1 Å². The number of amides is 1. The average Bonchev–Trinajstić information content (AvgIpc) is 2.81. The number of carbonyl (C=O) groups is 2. The predicted molar refractivity (Wildman–Crippen MR) is 135 cm³/mol. The summed E-state index contributed by atoms with van der Waals surface area (Å²) in [6.45, 7) is 6.46. The fourth-order valence-electron chi connectivity index (χ4n) is 3.77. The number of ether oxygens (including phenoxy) is 1. The molecule has 4 N–H and O–H groups in total. The van der Waals surface area contributed by atoms with Crippen LogP contribution in [0.2, 0.25) is 0 Å². The van der Waals surface area contributed by atoms with E-state index in [0.29, 0.717) is 5.56 Å². The van der Waals surface area contributed by atoms with Crippen LogP contribution in [0.15, 0.2) is 59.5 Å². The number of carbonyl (C=O) groups excluding carboxylic acids is 2. The first-order valence-electron chi connectivity index (χ1n) is 11.6. The quantitative estimate of drug-likeness (QED) is 0.471. The van der Waals surface area contributed by atoms with Crippen LogP contribution >= 0.6 is 0 Å². The van der Waals surface area contributed by atoms with Crippen LogP contribution in [0.4, 0.5) is 5.69 Å². The average molecular weight is 503 g/mol. The first-order chi connectivity index (χ1) is 16.4. The van der Waals surface area contributed by atoms with Crippen LogP contribution in [-0.4, -0.2) is 57.6 Å². The SMILES string of the molecule is CC(C)(C)OC(=O)[C@H](CNC(=O)c1ccc(N2CCC[C@H](N)C2)cc1)NS(=O)(=O)c1ccccc1. The van der Waals surface area contributed by atoms with Crippen molar-refractivity contribution in [1.29, 1.82) is 0 Å². The molecular formula is C25H34N4O5S. The number of sulfonamides is 1. The largest absolute Gasteiger partial charge is 0.459 e. The fourth-order valence-corrected chi connectivity index (χ4v) is 4.97. The summed E-state index contributed by atoms with van der Waals surface area (Å²) < 4.78 is 33.3. The van der Waals surface area contributed by atoms with Crippen molar-refractivity contribution in [2.24, 2.45) is 5.73 Å². The Kier molecular flexibility index (Phi) is 8.52. The molecule has 35 heavy (non-hydrogen) atoms. The Morgan fingerprint density at radius 1 is 1.11 bits per heavy atom. The van der Waals surface area contributed by atoms with Crippen LogP contribution < -0.4 is 20.7 Å². The van der Waals surface area contributed by atoms with E-state index in [1.807, 2.05) is 12.1 Å². The van der Waals surface area contributed by atoms with Crippen molar-refractivity contribution >= 4 is 27.6 Å². The van der Waals surface area contributed by atoms with Gasteiger partial charge in [0.2, 0.25) is 10.0 Å². The molecule has 0 aliphatic carbocycles. The molecule has 190 valence electrons. The standard InChI is InChI=1S/C25H34N4O5S/c1-25(2,3)34-24(31)22(28-35(32,33)21-9-5-4-6-10-21)16-27-23(30)18-11-13-20(14-12-18)29-15-7-8-19(26)17-29/h4-6,9-14,19,22,28H,7-8,15-17,26H2,1-3H3,(H,27,30)/t19-,22-/m0/s1. The van der Waals surface area contributed by atoms with Gasteiger partial charge in [-0.2, -0.15) is 4.72 Å². The molecule has 0 saturated carbocycles. The second kappa shape index (κ2) is 11.2. The van der Waals surface area contributed by atoms with E-state index in [1.54, 1.807) is 51.1 Å². The van der Waals surface area contributed by atoms with Gasteiger partial charge in [-0.05, 0) is 70.0 Å². The molecule has 1 aliphatic rings. The molecule has 3 rings (SSSR count). The zero-order valence-electron chi connectivity index (χ0n) is 20.4. The third-order valence-electron chi connectivity index (χ3n) is 5.46. The molecule has 0 aromatic heterocycles. The van der Waals surface area contributed by atoms with Crippen LogP contribution in [0.1, 0.15) is 44.0 Å². The Bertz CT molecular complexity index is 1110. The van der Waals surface area contributed by atoms with Crippen molar-refractivity contribution in [2.75, 3.05) is 24.5 Å². The fraction of sp³-hybridized carbons (Fsp3) is 0.440. The predicted octanol–water partition coefficient (Wildman–Crippen LogP) is 2.03. The third-order valence-corrected chi connectivity index (χ3v) is 6.95. The summed E-state index contributed by atoms with van der Waals surface area (Å²) in [4.78, 5) is 27.7. The highest BCUT2D eigenvalue weighted by Crippen LogP contribution is 2.20. The normalized spacial score (nSPS) is 17.5. The van der Waals surface area contributed by atoms with E-state index in [4.69, 9.17) is 10.5 Å². The Morgan fingerprint density at radius 2 is 1.77 bits per heavy atom. The lowest BCUT2D eigenvalue weighted by molar-refractivity contribution is -0.156. The first kappa shape index (κ1) is 26.7. The summed E-state index contributed by atoms with van der Waals surface area (Å²) in [6, 6.07) is 13.6. The molecule has 0 bridgehead atoms. The summed E-state index contributed by atoms with van der Waals surface area (Å²) in [5, 5.41) is 2.65. The minimum Gasteiger partial charge on any atom is -0.459 e. The van der Waals surface area contributed by atoms with Crippen LogP contribution in [0.3, 0.4) is 0 Å². The van der Waals surface area contributed by atoms with E-state index < -0.39 is 33.5 Å². The minimum atomic E-state index is -4.01. The van der Waals surface area contributed by atoms with Crippen molar-refractivity contribution in [3.05, 3.63) is 60.2 Å². The molecule has 0 radical (unpaired) electrons. The van der Waals surface area contributed by atoms with Gasteiger partial charge in [-0.3, -0.25) is 9.59 Å². The smallest absolute Gasteiger partial charge is 0.326 e. The second-order valence-corrected chi connectivity index (χ2v) is 11.3. The Labute approximate surface area is 207 Å². The zero-order chi connectivity index (χ0) is 25.6. The lowest BCUT2D eigenvalue weighted by Crippen LogP contribution is -2.50. The summed E-state index contributed by atoms with van der Waals surface area (Å²) >= 11 is 0. The topological polar surface area (TPSA) is 131 Å². The maximum absolute atomic E-state index is 12.8. The van der Waals surface area contributed by atoms with Gasteiger partial charge < -0.3 is 20.7 Å². The molecule has 2 aromatic rings. The van der Waals surface area contributed by atoms with Gasteiger partial charge in [0.05, 0.1) is 4.90 Å². The first-order valence-corrected chi connectivity index (χ1v) is 13.1. The van der Waals surface area contributed by atoms with E-state index in [-0.39, 0.29) is 17.5 Å². The highest BCUT2D eigenvalue weighted by Gasteiger charge is 2.30. The van der Waals surface area contributed by atoms with Crippen LogP contribution in [0, 0.1) is 0 Å². The number of nitrogens with two attached hydrogens (primary N) is 1. The minimum absolute atomic E-state index is 0.00732. The number of hydrogen-bond donors (Lipinski definition) is 3. The van der Waals surface area contributed by atoms with Crippen molar-refractivity contribution in [2.45, 2.75) is 56.2 Å². The number of esters is 1. The number of piperidine rings is 1. The molecule has 1 aliphatic heterocycles. The number of rotatable bonds is 8. The molecule has 9 nitrogen and oxygen atoms in total. The Hall–Kier alpha value is -2.95. The molecule has 2 aromatic carbocycles. The van der Waals surface area contributed by atoms with Crippen LogP contribution in [0.25, 0.3) is 0 Å². The van der Waals surface area contributed by atoms with Gasteiger partial charge in [-0.15, -0.1) is 0 Å². The van der Waals surface area contributed by atoms with Gasteiger partial charge in [-0.1, -0.05) is 18.2 Å². The second-order valence-electron chi connectivity index (χ2n) is 9.63. The van der Waals surface area contributed by atoms with Crippen molar-refractivity contribution < 1.29 is 22.7 Å². The van der Waals surface area contributed by atoms with E-state index in [9.17, 15) is 18.0 Å². The highest BCUT2D eigenvalue weighted by atomic mass is 32.2. The molecule has 0 spiro atoms. The summed E-state index contributed by atoms with van der Waals surface area (Å²) in [7, 11) is -4.01. The number of nitrogens with zero attached hydrogens (tertiary/aromatic N) is 1. The molecule has 1 saturated heterocycles. The van der Waals surface area contributed by atoms with Gasteiger partial charge in [0, 0.05) is 36.9 Å². The molecular weight excluding hydrogens is 468 g/mol. The Morgan fingerprint density at radius 3 is 2.37 bits per heavy atom. The van der Waals surface area contributed by atoms with E-state index in [2.05, 4.69) is 14.9 Å². The van der Waals surface area contributed by atoms with E-state index >= 15 is 0 Å². The van der Waals surface area contributed by atoms with Gasteiger partial charge in [-0.25, -0.2) is 8.42 Å². The number of nitrogens with one attached hydrogen (secondary N) is 2. The van der Waals surface area contributed by atoms with Gasteiger partial charge in [0.15, 0.2) is 0 Å². The summed E-state index contributed by atoms with van der Waals surface area (Å²) in [5.41, 5.74) is 6.61. The lowest BCUT2D eigenvalue weighted by Gasteiger charge is -2.32. The van der Waals surface area contributed by atoms with Crippen LogP contribution in [-0.2, 0) is 19.6 Å². The van der Waals surface area contributed by atoms with Crippen LogP contribution in [0.5, 0.6) is 0 Å². The van der Waals surface area contributed by atoms with Crippen molar-refractivity contribution in [1.82, 2.24) is 10.0 Å². The molecule has 1 heterocycles. The van der Waals surface area contributed by atoms with E-state index in [0.717, 1.165) is 31.6 Å². The third kappa shape index (κ3) is 7.78. The van der Waals surface area contributed by atoms with Gasteiger partial charge in [0.25, 0.3) is 5.91 Å². The maximum atomic E-state index is 12.8. The van der Waals surface area contributed by atoms with Crippen molar-refractivity contribution in [3.8, 4) is 0 Å². The Balaban J connectivity index is 1.69. The molecule has 1 fully saturated rings. The van der Waals surface area contributed by atoms with Crippen molar-refractivity contribution in [3.63, 3.8) is 0 Å². The summed E-state index contributed by atoms with van der Waals surface area (Å²) in [5.74, 6) is -1.21. The molecule has 10 heteroatoms. The maximum Gasteiger partial charge on any atom is 0.326 e. The number of benzene rings is 2.